The van der Waals surface area contributed by atoms with Gasteiger partial charge in [0.05, 0.1) is 23.0 Å². The van der Waals surface area contributed by atoms with Crippen molar-refractivity contribution < 1.29 is 22.4 Å². The molecule has 0 saturated carbocycles. The SMILES string of the molecule is Cc1nc2cc(C(F)(F)F)ccc2n1C1CCN(C(=O)Cc2ccccc2F)CC1. The van der Waals surface area contributed by atoms with E-state index in [1.807, 2.05) is 4.57 Å². The van der Waals surface area contributed by atoms with Gasteiger partial charge in [-0.3, -0.25) is 4.79 Å². The van der Waals surface area contributed by atoms with Crippen molar-refractivity contribution in [2.75, 3.05) is 13.1 Å². The van der Waals surface area contributed by atoms with E-state index >= 15 is 0 Å². The van der Waals surface area contributed by atoms with Crippen LogP contribution in [0.4, 0.5) is 17.6 Å². The highest BCUT2D eigenvalue weighted by Gasteiger charge is 2.32. The average molecular weight is 419 g/mol. The van der Waals surface area contributed by atoms with Crippen LogP contribution >= 0.6 is 0 Å². The maximum absolute atomic E-state index is 13.8. The largest absolute Gasteiger partial charge is 0.416 e. The summed E-state index contributed by atoms with van der Waals surface area (Å²) in [7, 11) is 0. The molecule has 0 radical (unpaired) electrons. The zero-order chi connectivity index (χ0) is 21.5. The number of imidazole rings is 1. The fraction of sp³-hybridized carbons (Fsp3) is 0.364. The summed E-state index contributed by atoms with van der Waals surface area (Å²) in [5.41, 5.74) is 0.645. The highest BCUT2D eigenvalue weighted by Crippen LogP contribution is 2.34. The number of aryl methyl sites for hydroxylation is 1. The summed E-state index contributed by atoms with van der Waals surface area (Å²) in [5, 5.41) is 0. The molecule has 4 rings (SSSR count). The Morgan fingerprint density at radius 1 is 1.13 bits per heavy atom. The van der Waals surface area contributed by atoms with Crippen LogP contribution in [0.2, 0.25) is 0 Å². The number of halogens is 4. The summed E-state index contributed by atoms with van der Waals surface area (Å²) in [4.78, 5) is 18.6. The number of aromatic nitrogens is 2. The third-order valence-electron chi connectivity index (χ3n) is 5.68. The number of carbonyl (C=O) groups excluding carboxylic acids is 1. The van der Waals surface area contributed by atoms with E-state index < -0.39 is 11.7 Å². The summed E-state index contributed by atoms with van der Waals surface area (Å²) in [5.74, 6) is 0.139. The second kappa shape index (κ2) is 7.74. The third kappa shape index (κ3) is 3.91. The van der Waals surface area contributed by atoms with Gasteiger partial charge < -0.3 is 9.47 Å². The van der Waals surface area contributed by atoms with Gasteiger partial charge in [0.25, 0.3) is 0 Å². The molecule has 0 bridgehead atoms. The molecular formula is C22H21F4N3O. The Balaban J connectivity index is 1.47. The number of hydrogen-bond donors (Lipinski definition) is 0. The van der Waals surface area contributed by atoms with Crippen LogP contribution in [0.1, 0.15) is 35.8 Å². The minimum atomic E-state index is -4.41. The fourth-order valence-electron chi connectivity index (χ4n) is 4.15. The molecule has 0 unspecified atom stereocenters. The number of carbonyl (C=O) groups is 1. The van der Waals surface area contributed by atoms with Crippen molar-refractivity contribution in [1.82, 2.24) is 14.5 Å². The molecule has 0 N–H and O–H groups in total. The quantitative estimate of drug-likeness (QED) is 0.566. The molecule has 1 aliphatic rings. The van der Waals surface area contributed by atoms with Gasteiger partial charge >= 0.3 is 6.18 Å². The van der Waals surface area contributed by atoms with E-state index in [2.05, 4.69) is 4.98 Å². The molecule has 1 saturated heterocycles. The fourth-order valence-corrected chi connectivity index (χ4v) is 4.15. The van der Waals surface area contributed by atoms with E-state index in [1.165, 1.54) is 12.1 Å². The third-order valence-corrected chi connectivity index (χ3v) is 5.68. The first kappa shape index (κ1) is 20.4. The highest BCUT2D eigenvalue weighted by molar-refractivity contribution is 5.79. The van der Waals surface area contributed by atoms with Crippen LogP contribution < -0.4 is 0 Å². The van der Waals surface area contributed by atoms with Crippen molar-refractivity contribution in [3.05, 3.63) is 65.2 Å². The van der Waals surface area contributed by atoms with Gasteiger partial charge in [-0.15, -0.1) is 0 Å². The molecule has 0 spiro atoms. The second-order valence-electron chi connectivity index (χ2n) is 7.61. The van der Waals surface area contributed by atoms with E-state index in [0.29, 0.717) is 48.4 Å². The minimum absolute atomic E-state index is 0.0184. The lowest BCUT2D eigenvalue weighted by Gasteiger charge is -2.33. The first-order chi connectivity index (χ1) is 14.2. The molecule has 0 aliphatic carbocycles. The van der Waals surface area contributed by atoms with Crippen molar-refractivity contribution in [3.8, 4) is 0 Å². The highest BCUT2D eigenvalue weighted by atomic mass is 19.4. The molecule has 4 nitrogen and oxygen atoms in total. The Kier molecular flexibility index (Phi) is 5.26. The number of hydrogen-bond acceptors (Lipinski definition) is 2. The first-order valence-corrected chi connectivity index (χ1v) is 9.81. The molecular weight excluding hydrogens is 398 g/mol. The lowest BCUT2D eigenvalue weighted by Crippen LogP contribution is -2.40. The average Bonchev–Trinajstić information content (AvgIpc) is 3.04. The van der Waals surface area contributed by atoms with E-state index in [-0.39, 0.29) is 24.2 Å². The van der Waals surface area contributed by atoms with Crippen LogP contribution in [0.25, 0.3) is 11.0 Å². The van der Waals surface area contributed by atoms with E-state index in [0.717, 1.165) is 12.1 Å². The van der Waals surface area contributed by atoms with Crippen LogP contribution in [0.3, 0.4) is 0 Å². The first-order valence-electron chi connectivity index (χ1n) is 9.81. The molecule has 30 heavy (non-hydrogen) atoms. The zero-order valence-electron chi connectivity index (χ0n) is 16.4. The Morgan fingerprint density at radius 2 is 1.83 bits per heavy atom. The van der Waals surface area contributed by atoms with Crippen molar-refractivity contribution in [2.24, 2.45) is 0 Å². The van der Waals surface area contributed by atoms with E-state index in [4.69, 9.17) is 0 Å². The molecule has 1 aromatic heterocycles. The second-order valence-corrected chi connectivity index (χ2v) is 7.61. The molecule has 3 aromatic rings. The normalized spacial score (nSPS) is 15.7. The van der Waals surface area contributed by atoms with E-state index in [1.54, 1.807) is 30.0 Å². The van der Waals surface area contributed by atoms with Crippen LogP contribution in [0.15, 0.2) is 42.5 Å². The Bertz CT molecular complexity index is 1080. The summed E-state index contributed by atoms with van der Waals surface area (Å²) in [6.45, 7) is 2.80. The van der Waals surface area contributed by atoms with Gasteiger partial charge in [-0.25, -0.2) is 9.37 Å². The van der Waals surface area contributed by atoms with Gasteiger partial charge in [-0.1, -0.05) is 18.2 Å². The molecule has 1 fully saturated rings. The van der Waals surface area contributed by atoms with Crippen molar-refractivity contribution in [1.29, 1.82) is 0 Å². The van der Waals surface area contributed by atoms with Gasteiger partial charge in [0.1, 0.15) is 11.6 Å². The number of piperidine rings is 1. The van der Waals surface area contributed by atoms with Gasteiger partial charge in [-0.2, -0.15) is 13.2 Å². The van der Waals surface area contributed by atoms with Crippen molar-refractivity contribution in [3.63, 3.8) is 0 Å². The maximum Gasteiger partial charge on any atom is 0.416 e. The monoisotopic (exact) mass is 419 g/mol. The van der Waals surface area contributed by atoms with Crippen molar-refractivity contribution in [2.45, 2.75) is 38.4 Å². The van der Waals surface area contributed by atoms with E-state index in [9.17, 15) is 22.4 Å². The van der Waals surface area contributed by atoms with Crippen LogP contribution in [-0.4, -0.2) is 33.4 Å². The number of fused-ring (bicyclic) bond motifs is 1. The molecule has 1 amide bonds. The number of benzene rings is 2. The predicted octanol–water partition coefficient (Wildman–Crippen LogP) is 4.91. The smallest absolute Gasteiger partial charge is 0.342 e. The Hall–Kier alpha value is -2.90. The van der Waals surface area contributed by atoms with Crippen LogP contribution in [0, 0.1) is 12.7 Å². The van der Waals surface area contributed by atoms with Crippen LogP contribution in [-0.2, 0) is 17.4 Å². The Labute approximate surface area is 171 Å². The maximum atomic E-state index is 13.8. The molecule has 2 aromatic carbocycles. The predicted molar refractivity (Wildman–Crippen MR) is 104 cm³/mol. The Morgan fingerprint density at radius 3 is 2.50 bits per heavy atom. The minimum Gasteiger partial charge on any atom is -0.342 e. The standard InChI is InChI=1S/C22H21F4N3O/c1-14-27-19-13-16(22(24,25)26)6-7-20(19)29(14)17-8-10-28(11-9-17)21(30)12-15-4-2-3-5-18(15)23/h2-7,13,17H,8-12H2,1H3. The van der Waals surface area contributed by atoms with Gasteiger partial charge in [0.15, 0.2) is 0 Å². The summed E-state index contributed by atoms with van der Waals surface area (Å²) in [6.07, 6.45) is -3.06. The number of likely N-dealkylation sites (tertiary alicyclic amines) is 1. The summed E-state index contributed by atoms with van der Waals surface area (Å²) < 4.78 is 54.7. The van der Waals surface area contributed by atoms with Crippen LogP contribution in [0.5, 0.6) is 0 Å². The molecule has 0 atom stereocenters. The number of rotatable bonds is 3. The lowest BCUT2D eigenvalue weighted by molar-refractivity contribution is -0.137. The molecule has 1 aliphatic heterocycles. The lowest BCUT2D eigenvalue weighted by atomic mass is 10.0. The van der Waals surface area contributed by atoms with Crippen molar-refractivity contribution >= 4 is 16.9 Å². The molecule has 158 valence electrons. The van der Waals surface area contributed by atoms with Gasteiger partial charge in [0, 0.05) is 19.1 Å². The zero-order valence-corrected chi connectivity index (χ0v) is 16.4. The number of nitrogens with zero attached hydrogens (tertiary/aromatic N) is 3. The number of alkyl halides is 3. The summed E-state index contributed by atoms with van der Waals surface area (Å²) in [6, 6.07) is 9.90. The summed E-state index contributed by atoms with van der Waals surface area (Å²) >= 11 is 0. The number of amides is 1. The topological polar surface area (TPSA) is 38.1 Å². The molecule has 2 heterocycles. The van der Waals surface area contributed by atoms with Gasteiger partial charge in [0.2, 0.25) is 5.91 Å². The van der Waals surface area contributed by atoms with Gasteiger partial charge in [-0.05, 0) is 49.6 Å². The molecule has 8 heteroatoms.